The van der Waals surface area contributed by atoms with Crippen molar-refractivity contribution in [3.63, 3.8) is 0 Å². The molecule has 1 aromatic carbocycles. The molecule has 2 heterocycles. The fourth-order valence-electron chi connectivity index (χ4n) is 3.09. The number of pyridine rings is 1. The van der Waals surface area contributed by atoms with E-state index in [1.807, 2.05) is 45.2 Å². The second-order valence-corrected chi connectivity index (χ2v) is 7.52. The van der Waals surface area contributed by atoms with Gasteiger partial charge in [-0.15, -0.1) is 0 Å². The van der Waals surface area contributed by atoms with E-state index < -0.39 is 11.9 Å². The molecule has 1 unspecified atom stereocenters. The van der Waals surface area contributed by atoms with Crippen LogP contribution in [0.25, 0.3) is 16.6 Å². The molecule has 3 aromatic rings. The number of alkyl halides is 3. The van der Waals surface area contributed by atoms with Crippen LogP contribution in [-0.2, 0) is 6.18 Å². The number of imidazole rings is 1. The Hall–Kier alpha value is -3.17. The van der Waals surface area contributed by atoms with Crippen molar-refractivity contribution < 1.29 is 18.0 Å². The number of carbonyl (C=O) groups excluding carboxylic acids is 1. The molecule has 0 saturated carbocycles. The van der Waals surface area contributed by atoms with Gasteiger partial charge in [-0.1, -0.05) is 37.6 Å². The number of nitrogens with zero attached hydrogens (tertiary/aromatic N) is 2. The number of nitrogens with two attached hydrogens (primary N) is 1. The number of carbonyl (C=O) groups is 1. The van der Waals surface area contributed by atoms with Crippen LogP contribution in [-0.4, -0.2) is 34.3 Å². The Balaban J connectivity index is 0.000000239. The number of likely N-dealkylation sites (N-methyl/N-ethyl adjacent to an activating group) is 1. The fraction of sp³-hybridized carbons (Fsp3) is 0.292. The van der Waals surface area contributed by atoms with Gasteiger partial charge < -0.3 is 16.0 Å². The molecule has 34 heavy (non-hydrogen) atoms. The Morgan fingerprint density at radius 2 is 1.91 bits per heavy atom. The van der Waals surface area contributed by atoms with Crippen molar-refractivity contribution in [3.05, 3.63) is 70.3 Å². The number of aromatic amines is 1. The Bertz CT molecular complexity index is 1200. The number of fused-ring (bicyclic) bond motifs is 1. The molecule has 4 N–H and O–H groups in total. The molecule has 1 aliphatic rings. The largest absolute Gasteiger partial charge is 0.433 e. The first kappa shape index (κ1) is 27.1. The molecule has 0 aliphatic heterocycles. The number of aryl methyl sites for hydroxylation is 1. The van der Waals surface area contributed by atoms with Crippen LogP contribution < -0.4 is 11.1 Å². The smallest absolute Gasteiger partial charge is 0.399 e. The number of hydrogen-bond acceptors (Lipinski definition) is 5. The molecule has 0 radical (unpaired) electrons. The lowest BCUT2D eigenvalue weighted by Crippen LogP contribution is -2.24. The summed E-state index contributed by atoms with van der Waals surface area (Å²) in [6.45, 7) is 5.36. The maximum absolute atomic E-state index is 12.1. The number of hydrogen-bond donors (Lipinski definition) is 3. The third kappa shape index (κ3) is 6.68. The predicted octanol–water partition coefficient (Wildman–Crippen LogP) is 5.89. The number of aldehydes is 1. The number of benzene rings is 1. The van der Waals surface area contributed by atoms with Crippen LogP contribution in [0.2, 0.25) is 0 Å². The minimum Gasteiger partial charge on any atom is -0.399 e. The fourth-order valence-corrected chi connectivity index (χ4v) is 3.33. The lowest BCUT2D eigenvalue weighted by atomic mass is 10.0. The van der Waals surface area contributed by atoms with Crippen molar-refractivity contribution in [2.75, 3.05) is 12.8 Å². The van der Waals surface area contributed by atoms with Crippen molar-refractivity contribution in [2.45, 2.75) is 39.4 Å². The van der Waals surface area contributed by atoms with Crippen LogP contribution >= 0.6 is 11.6 Å². The third-order valence-corrected chi connectivity index (χ3v) is 5.21. The Morgan fingerprint density at radius 1 is 1.21 bits per heavy atom. The van der Waals surface area contributed by atoms with E-state index in [9.17, 15) is 18.0 Å². The molecule has 1 aliphatic carbocycles. The minimum absolute atomic E-state index is 0.0878. The number of H-pyrrole nitrogens is 1. The highest BCUT2D eigenvalue weighted by Gasteiger charge is 2.32. The number of nitrogen functional groups attached to an aromatic ring is 1. The average Bonchev–Trinajstić information content (AvgIpc) is 3.23. The van der Waals surface area contributed by atoms with Crippen LogP contribution in [0.4, 0.5) is 18.9 Å². The molecule has 0 saturated heterocycles. The van der Waals surface area contributed by atoms with Gasteiger partial charge in [0.1, 0.15) is 11.5 Å². The summed E-state index contributed by atoms with van der Waals surface area (Å²) in [6, 6.07) is 7.81. The summed E-state index contributed by atoms with van der Waals surface area (Å²) in [5, 5.41) is 3.96. The van der Waals surface area contributed by atoms with Gasteiger partial charge in [-0.3, -0.25) is 4.79 Å². The number of aromatic nitrogens is 3. The molecule has 4 rings (SSSR count). The van der Waals surface area contributed by atoms with Crippen molar-refractivity contribution >= 4 is 40.2 Å². The number of rotatable bonds is 3. The van der Waals surface area contributed by atoms with Crippen LogP contribution in [0.1, 0.15) is 47.8 Å². The maximum Gasteiger partial charge on any atom is 0.433 e. The molecule has 0 fully saturated rings. The van der Waals surface area contributed by atoms with Crippen LogP contribution in [0.5, 0.6) is 0 Å². The number of halogens is 4. The summed E-state index contributed by atoms with van der Waals surface area (Å²) < 4.78 is 36.2. The molecule has 2 aromatic heterocycles. The quantitative estimate of drug-likeness (QED) is 0.312. The van der Waals surface area contributed by atoms with Crippen molar-refractivity contribution in [2.24, 2.45) is 0 Å². The van der Waals surface area contributed by atoms with E-state index in [0.717, 1.165) is 51.7 Å². The highest BCUT2D eigenvalue weighted by atomic mass is 35.5. The number of allylic oxidation sites excluding steroid dienone is 2. The Morgan fingerprint density at radius 3 is 2.50 bits per heavy atom. The number of nitrogens with one attached hydrogen (secondary N) is 2. The molecular weight excluding hydrogens is 467 g/mol. The van der Waals surface area contributed by atoms with E-state index in [2.05, 4.69) is 26.3 Å². The maximum atomic E-state index is 12.1. The molecule has 0 spiro atoms. The zero-order chi connectivity index (χ0) is 25.5. The van der Waals surface area contributed by atoms with E-state index >= 15 is 0 Å². The van der Waals surface area contributed by atoms with Gasteiger partial charge in [0.15, 0.2) is 6.29 Å². The second kappa shape index (κ2) is 11.8. The van der Waals surface area contributed by atoms with E-state index in [4.69, 9.17) is 17.3 Å². The monoisotopic (exact) mass is 493 g/mol. The molecule has 0 bridgehead atoms. The Labute approximate surface area is 201 Å². The summed E-state index contributed by atoms with van der Waals surface area (Å²) in [5.74, 6) is 0.779. The van der Waals surface area contributed by atoms with Gasteiger partial charge >= 0.3 is 6.18 Å². The topological polar surface area (TPSA) is 96.7 Å². The Kier molecular flexibility index (Phi) is 9.40. The van der Waals surface area contributed by atoms with Crippen LogP contribution in [0, 0.1) is 6.92 Å². The third-order valence-electron chi connectivity index (χ3n) is 4.85. The predicted molar refractivity (Wildman–Crippen MR) is 131 cm³/mol. The van der Waals surface area contributed by atoms with Gasteiger partial charge in [0.2, 0.25) is 0 Å². The first-order chi connectivity index (χ1) is 16.1. The molecule has 10 heteroatoms. The zero-order valence-corrected chi connectivity index (χ0v) is 20.1. The van der Waals surface area contributed by atoms with Gasteiger partial charge in [-0.2, -0.15) is 13.2 Å². The van der Waals surface area contributed by atoms with Gasteiger partial charge in [0.25, 0.3) is 0 Å². The standard InChI is InChI=1S/C14H15ClN4.C8H6F3NO.C2H6/c1-17-9-3-4-11(15)10(7-9)14-18-12-5-2-8(16)6-13(12)19-14;1-5-6(4-13)2-3-7(12-5)8(9,10)11;1-2/h2,4-7,9,17H,3,16H2,1H3,(H,18,19);2-4H,1H3;1-2H3. The summed E-state index contributed by atoms with van der Waals surface area (Å²) in [6.07, 6.45) is 1.03. The first-order valence-electron chi connectivity index (χ1n) is 10.6. The zero-order valence-electron chi connectivity index (χ0n) is 19.3. The van der Waals surface area contributed by atoms with Gasteiger partial charge in [-0.25, -0.2) is 9.97 Å². The SMILES string of the molecule is CC.CNC1C=C(c2nc3ccc(N)cc3[nH]2)C(Cl)=CC1.Cc1nc(C(F)(F)F)ccc1C=O. The van der Waals surface area contributed by atoms with Crippen molar-refractivity contribution in [1.82, 2.24) is 20.3 Å². The van der Waals surface area contributed by atoms with E-state index in [0.29, 0.717) is 6.29 Å². The minimum atomic E-state index is -4.45. The summed E-state index contributed by atoms with van der Waals surface area (Å²) in [7, 11) is 1.94. The lowest BCUT2D eigenvalue weighted by Gasteiger charge is -2.17. The molecular formula is C24H27ClF3N5O. The van der Waals surface area contributed by atoms with Crippen molar-refractivity contribution in [3.8, 4) is 0 Å². The van der Waals surface area contributed by atoms with Crippen LogP contribution in [0.15, 0.2) is 47.5 Å². The normalized spacial score (nSPS) is 15.4. The molecule has 1 atom stereocenters. The van der Waals surface area contributed by atoms with Gasteiger partial charge in [-0.05, 0) is 50.7 Å². The second-order valence-electron chi connectivity index (χ2n) is 7.11. The van der Waals surface area contributed by atoms with Crippen LogP contribution in [0.3, 0.4) is 0 Å². The van der Waals surface area contributed by atoms with E-state index in [1.54, 1.807) is 0 Å². The van der Waals surface area contributed by atoms with Crippen molar-refractivity contribution in [1.29, 1.82) is 0 Å². The first-order valence-corrected chi connectivity index (χ1v) is 11.0. The summed E-state index contributed by atoms with van der Waals surface area (Å²) in [5.41, 5.74) is 8.52. The highest BCUT2D eigenvalue weighted by molar-refractivity contribution is 6.37. The molecule has 6 nitrogen and oxygen atoms in total. The lowest BCUT2D eigenvalue weighted by molar-refractivity contribution is -0.141. The highest BCUT2D eigenvalue weighted by Crippen LogP contribution is 2.31. The summed E-state index contributed by atoms with van der Waals surface area (Å²) in [4.78, 5) is 21.4. The van der Waals surface area contributed by atoms with E-state index in [-0.39, 0.29) is 17.3 Å². The molecule has 182 valence electrons. The van der Waals surface area contributed by atoms with E-state index in [1.165, 1.54) is 6.92 Å². The summed E-state index contributed by atoms with van der Waals surface area (Å²) >= 11 is 6.28. The van der Waals surface area contributed by atoms with Gasteiger partial charge in [0, 0.05) is 33.6 Å². The number of anilines is 1. The van der Waals surface area contributed by atoms with Gasteiger partial charge in [0.05, 0.1) is 11.0 Å². The molecule has 0 amide bonds. The average molecular weight is 494 g/mol.